The first-order valence-corrected chi connectivity index (χ1v) is 9.43. The van der Waals surface area contributed by atoms with Gasteiger partial charge in [-0.05, 0) is 30.2 Å². The van der Waals surface area contributed by atoms with Gasteiger partial charge in [-0.15, -0.1) is 5.10 Å². The van der Waals surface area contributed by atoms with E-state index in [9.17, 15) is 9.59 Å². The first-order chi connectivity index (χ1) is 14.0. The molecular formula is C22H21N5O2. The molecule has 7 heteroatoms. The predicted octanol–water partition coefficient (Wildman–Crippen LogP) is 2.86. The van der Waals surface area contributed by atoms with Gasteiger partial charge in [-0.25, -0.2) is 4.68 Å². The standard InChI is InChI=1S/C22H21N5O2/c1-15(2)20-23-21(28)18(13-26(20)22(29)16-9-5-3-6-10-16)19-14-27(25-24-19)17-11-7-4-8-12-17/h3-15,20H,1-2H3,(H,23,28)/t20-/m0/s1. The summed E-state index contributed by atoms with van der Waals surface area (Å²) in [6.45, 7) is 3.92. The zero-order valence-electron chi connectivity index (χ0n) is 16.2. The third kappa shape index (κ3) is 3.67. The van der Waals surface area contributed by atoms with Crippen LogP contribution in [0.25, 0.3) is 11.3 Å². The van der Waals surface area contributed by atoms with Crippen LogP contribution in [0.5, 0.6) is 0 Å². The number of hydrogen-bond donors (Lipinski definition) is 1. The minimum atomic E-state index is -0.442. The normalized spacial score (nSPS) is 16.5. The molecule has 0 aliphatic carbocycles. The molecule has 0 unspecified atom stereocenters. The fourth-order valence-electron chi connectivity index (χ4n) is 3.24. The van der Waals surface area contributed by atoms with Crippen LogP contribution in [0.4, 0.5) is 0 Å². The van der Waals surface area contributed by atoms with Gasteiger partial charge in [0.15, 0.2) is 0 Å². The molecule has 29 heavy (non-hydrogen) atoms. The summed E-state index contributed by atoms with van der Waals surface area (Å²) in [5, 5.41) is 11.2. The van der Waals surface area contributed by atoms with E-state index in [0.717, 1.165) is 5.69 Å². The van der Waals surface area contributed by atoms with E-state index in [2.05, 4.69) is 15.6 Å². The Kier molecular flexibility index (Phi) is 4.95. The Hall–Kier alpha value is -3.74. The quantitative estimate of drug-likeness (QED) is 0.747. The molecule has 2 amide bonds. The van der Waals surface area contributed by atoms with Gasteiger partial charge in [0, 0.05) is 11.8 Å². The lowest BCUT2D eigenvalue weighted by atomic mass is 10.0. The number of amides is 2. The monoisotopic (exact) mass is 387 g/mol. The van der Waals surface area contributed by atoms with Crippen LogP contribution in [0.2, 0.25) is 0 Å². The van der Waals surface area contributed by atoms with Gasteiger partial charge in [-0.2, -0.15) is 0 Å². The van der Waals surface area contributed by atoms with Crippen LogP contribution in [0.3, 0.4) is 0 Å². The van der Waals surface area contributed by atoms with E-state index >= 15 is 0 Å². The van der Waals surface area contributed by atoms with Crippen LogP contribution in [-0.4, -0.2) is 37.9 Å². The fraction of sp³-hybridized carbons (Fsp3) is 0.182. The highest BCUT2D eigenvalue weighted by atomic mass is 16.2. The molecule has 0 saturated heterocycles. The minimum Gasteiger partial charge on any atom is -0.331 e. The number of carbonyl (C=O) groups is 2. The van der Waals surface area contributed by atoms with E-state index in [1.165, 1.54) is 0 Å². The Morgan fingerprint density at radius 3 is 2.34 bits per heavy atom. The first-order valence-electron chi connectivity index (χ1n) is 9.43. The summed E-state index contributed by atoms with van der Waals surface area (Å²) < 4.78 is 1.60. The first kappa shape index (κ1) is 18.6. The molecule has 4 rings (SSSR count). The van der Waals surface area contributed by atoms with Crippen LogP contribution < -0.4 is 5.32 Å². The summed E-state index contributed by atoms with van der Waals surface area (Å²) in [4.78, 5) is 27.4. The van der Waals surface area contributed by atoms with Gasteiger partial charge in [-0.1, -0.05) is 55.5 Å². The number of benzene rings is 2. The summed E-state index contributed by atoms with van der Waals surface area (Å²) in [6.07, 6.45) is 2.82. The van der Waals surface area contributed by atoms with Crippen molar-refractivity contribution in [3.8, 4) is 5.69 Å². The number of hydrogen-bond acceptors (Lipinski definition) is 4. The van der Waals surface area contributed by atoms with Crippen molar-refractivity contribution in [3.05, 3.63) is 84.3 Å². The van der Waals surface area contributed by atoms with Gasteiger partial charge >= 0.3 is 0 Å². The molecule has 1 aliphatic heterocycles. The molecular weight excluding hydrogens is 366 g/mol. The molecule has 1 atom stereocenters. The average molecular weight is 387 g/mol. The number of aromatic nitrogens is 3. The summed E-state index contributed by atoms with van der Waals surface area (Å²) in [6, 6.07) is 18.5. The van der Waals surface area contributed by atoms with Crippen LogP contribution in [0.15, 0.2) is 73.1 Å². The van der Waals surface area contributed by atoms with Crippen LogP contribution in [-0.2, 0) is 4.79 Å². The van der Waals surface area contributed by atoms with Gasteiger partial charge < -0.3 is 5.32 Å². The molecule has 1 aliphatic rings. The molecule has 0 saturated carbocycles. The maximum absolute atomic E-state index is 13.1. The van der Waals surface area contributed by atoms with Crippen molar-refractivity contribution in [1.82, 2.24) is 25.2 Å². The van der Waals surface area contributed by atoms with Gasteiger partial charge in [0.1, 0.15) is 11.9 Å². The summed E-state index contributed by atoms with van der Waals surface area (Å²) >= 11 is 0. The van der Waals surface area contributed by atoms with Gasteiger partial charge in [0.05, 0.1) is 17.5 Å². The highest BCUT2D eigenvalue weighted by Crippen LogP contribution is 2.24. The van der Waals surface area contributed by atoms with E-state index in [4.69, 9.17) is 0 Å². The Labute approximate surface area is 168 Å². The molecule has 0 radical (unpaired) electrons. The van der Waals surface area contributed by atoms with Gasteiger partial charge in [0.2, 0.25) is 0 Å². The van der Waals surface area contributed by atoms with Crippen molar-refractivity contribution in [2.75, 3.05) is 0 Å². The second-order valence-electron chi connectivity index (χ2n) is 7.17. The Bertz CT molecular complexity index is 1060. The van der Waals surface area contributed by atoms with E-state index in [1.54, 1.807) is 34.1 Å². The maximum atomic E-state index is 13.1. The van der Waals surface area contributed by atoms with Crippen molar-refractivity contribution < 1.29 is 9.59 Å². The number of nitrogens with zero attached hydrogens (tertiary/aromatic N) is 4. The number of rotatable bonds is 4. The number of para-hydroxylation sites is 1. The lowest BCUT2D eigenvalue weighted by Crippen LogP contribution is -2.54. The molecule has 7 nitrogen and oxygen atoms in total. The van der Waals surface area contributed by atoms with Crippen LogP contribution in [0.1, 0.15) is 29.9 Å². The smallest absolute Gasteiger partial charge is 0.259 e. The maximum Gasteiger partial charge on any atom is 0.259 e. The molecule has 2 heterocycles. The van der Waals surface area contributed by atoms with E-state index in [-0.39, 0.29) is 17.7 Å². The fourth-order valence-corrected chi connectivity index (χ4v) is 3.24. The molecule has 0 fully saturated rings. The highest BCUT2D eigenvalue weighted by Gasteiger charge is 2.34. The third-order valence-corrected chi connectivity index (χ3v) is 4.77. The average Bonchev–Trinajstić information content (AvgIpc) is 3.24. The molecule has 0 bridgehead atoms. The predicted molar refractivity (Wildman–Crippen MR) is 109 cm³/mol. The zero-order valence-corrected chi connectivity index (χ0v) is 16.2. The second kappa shape index (κ2) is 7.71. The topological polar surface area (TPSA) is 80.1 Å². The SMILES string of the molecule is CC(C)[C@H]1NC(=O)C(c2cn(-c3ccccc3)nn2)=CN1C(=O)c1ccccc1. The third-order valence-electron chi connectivity index (χ3n) is 4.77. The van der Waals surface area contributed by atoms with Gasteiger partial charge in [-0.3, -0.25) is 14.5 Å². The van der Waals surface area contributed by atoms with E-state index in [0.29, 0.717) is 16.8 Å². The minimum absolute atomic E-state index is 0.0319. The van der Waals surface area contributed by atoms with Crippen molar-refractivity contribution >= 4 is 17.4 Å². The number of carbonyl (C=O) groups excluding carboxylic acids is 2. The van der Waals surface area contributed by atoms with Gasteiger partial charge in [0.25, 0.3) is 11.8 Å². The zero-order chi connectivity index (χ0) is 20.4. The van der Waals surface area contributed by atoms with Crippen LogP contribution in [0, 0.1) is 5.92 Å². The Balaban J connectivity index is 1.72. The molecule has 1 N–H and O–H groups in total. The number of nitrogens with one attached hydrogen (secondary N) is 1. The molecule has 2 aromatic carbocycles. The van der Waals surface area contributed by atoms with E-state index in [1.807, 2.05) is 62.4 Å². The lowest BCUT2D eigenvalue weighted by Gasteiger charge is -2.36. The van der Waals surface area contributed by atoms with Crippen molar-refractivity contribution in [2.24, 2.45) is 5.92 Å². The second-order valence-corrected chi connectivity index (χ2v) is 7.17. The van der Waals surface area contributed by atoms with Crippen LogP contribution >= 0.6 is 0 Å². The highest BCUT2D eigenvalue weighted by molar-refractivity contribution is 6.20. The molecule has 146 valence electrons. The summed E-state index contributed by atoms with van der Waals surface area (Å²) in [7, 11) is 0. The van der Waals surface area contributed by atoms with Crippen molar-refractivity contribution in [1.29, 1.82) is 0 Å². The lowest BCUT2D eigenvalue weighted by molar-refractivity contribution is -0.118. The summed E-state index contributed by atoms with van der Waals surface area (Å²) in [5.74, 6) is -0.428. The van der Waals surface area contributed by atoms with Crippen molar-refractivity contribution in [3.63, 3.8) is 0 Å². The molecule has 1 aromatic heterocycles. The molecule has 3 aromatic rings. The molecule has 0 spiro atoms. The van der Waals surface area contributed by atoms with E-state index < -0.39 is 6.17 Å². The largest absolute Gasteiger partial charge is 0.331 e. The van der Waals surface area contributed by atoms with Crippen molar-refractivity contribution in [2.45, 2.75) is 20.0 Å². The summed E-state index contributed by atoms with van der Waals surface area (Å²) in [5.41, 5.74) is 2.09. The Morgan fingerprint density at radius 1 is 1.03 bits per heavy atom. The Morgan fingerprint density at radius 2 is 1.69 bits per heavy atom.